The molecule has 0 bridgehead atoms. The third-order valence-electron chi connectivity index (χ3n) is 3.00. The van der Waals surface area contributed by atoms with E-state index in [0.717, 1.165) is 27.9 Å². The van der Waals surface area contributed by atoms with Crippen LogP contribution in [0.3, 0.4) is 0 Å². The molecule has 0 saturated carbocycles. The van der Waals surface area contributed by atoms with Gasteiger partial charge in [0.1, 0.15) is 11.5 Å². The topological polar surface area (TPSA) is 70.3 Å². The van der Waals surface area contributed by atoms with Crippen LogP contribution in [0.5, 0.6) is 11.5 Å². The van der Waals surface area contributed by atoms with Gasteiger partial charge in [-0.3, -0.25) is 0 Å². The molecule has 21 heavy (non-hydrogen) atoms. The summed E-state index contributed by atoms with van der Waals surface area (Å²) in [4.78, 5) is 8.57. The molecule has 0 aliphatic rings. The predicted octanol–water partition coefficient (Wildman–Crippen LogP) is 2.59. The summed E-state index contributed by atoms with van der Waals surface area (Å²) in [5.74, 6) is 2.15. The van der Waals surface area contributed by atoms with E-state index in [4.69, 9.17) is 15.2 Å². The van der Waals surface area contributed by atoms with Gasteiger partial charge in [-0.15, -0.1) is 0 Å². The van der Waals surface area contributed by atoms with Gasteiger partial charge in [-0.1, -0.05) is 17.8 Å². The lowest BCUT2D eigenvalue weighted by Crippen LogP contribution is -2.14. The molecule has 6 heteroatoms. The predicted molar refractivity (Wildman–Crippen MR) is 84.0 cm³/mol. The van der Waals surface area contributed by atoms with E-state index in [-0.39, 0.29) is 6.04 Å². The van der Waals surface area contributed by atoms with Gasteiger partial charge in [0.25, 0.3) is 0 Å². The molecule has 0 amide bonds. The summed E-state index contributed by atoms with van der Waals surface area (Å²) < 4.78 is 10.6. The number of benzene rings is 1. The Hall–Kier alpha value is -1.79. The molecule has 0 radical (unpaired) electrons. The number of hydrogen-bond acceptors (Lipinski definition) is 6. The molecule has 0 aliphatic heterocycles. The maximum Gasteiger partial charge on any atom is 0.187 e. The normalized spacial score (nSPS) is 12.0. The fraction of sp³-hybridized carbons (Fsp3) is 0.333. The smallest absolute Gasteiger partial charge is 0.187 e. The molecular weight excluding hydrogens is 286 g/mol. The van der Waals surface area contributed by atoms with Crippen molar-refractivity contribution >= 4 is 11.8 Å². The molecule has 1 aromatic carbocycles. The Labute approximate surface area is 128 Å². The van der Waals surface area contributed by atoms with Gasteiger partial charge in [-0.25, -0.2) is 9.97 Å². The van der Waals surface area contributed by atoms with Crippen LogP contribution in [-0.2, 0) is 0 Å². The lowest BCUT2D eigenvalue weighted by atomic mass is 10.1. The van der Waals surface area contributed by atoms with E-state index < -0.39 is 0 Å². The second kappa shape index (κ2) is 7.28. The summed E-state index contributed by atoms with van der Waals surface area (Å²) >= 11 is 1.53. The lowest BCUT2D eigenvalue weighted by Gasteiger charge is -2.16. The minimum absolute atomic E-state index is 0.167. The maximum absolute atomic E-state index is 6.25. The van der Waals surface area contributed by atoms with Crippen molar-refractivity contribution in [2.45, 2.75) is 18.1 Å². The van der Waals surface area contributed by atoms with Crippen LogP contribution in [0, 0.1) is 6.92 Å². The molecule has 2 aromatic rings. The number of aryl methyl sites for hydroxylation is 1. The van der Waals surface area contributed by atoms with Gasteiger partial charge in [0.2, 0.25) is 0 Å². The summed E-state index contributed by atoms with van der Waals surface area (Å²) in [6.07, 6.45) is 1.75. The van der Waals surface area contributed by atoms with Crippen LogP contribution in [0.1, 0.15) is 17.3 Å². The van der Waals surface area contributed by atoms with Gasteiger partial charge >= 0.3 is 0 Å². The van der Waals surface area contributed by atoms with Crippen molar-refractivity contribution in [2.24, 2.45) is 5.73 Å². The van der Waals surface area contributed by atoms with Crippen LogP contribution >= 0.6 is 11.8 Å². The Bertz CT molecular complexity index is 607. The minimum atomic E-state index is -0.167. The monoisotopic (exact) mass is 305 g/mol. The van der Waals surface area contributed by atoms with Gasteiger partial charge in [-0.2, -0.15) is 0 Å². The van der Waals surface area contributed by atoms with E-state index in [2.05, 4.69) is 9.97 Å². The summed E-state index contributed by atoms with van der Waals surface area (Å²) in [5, 5.41) is 0.734. The fourth-order valence-electron chi connectivity index (χ4n) is 1.87. The second-order valence-corrected chi connectivity index (χ2v) is 5.49. The van der Waals surface area contributed by atoms with Crippen molar-refractivity contribution in [3.8, 4) is 11.5 Å². The summed E-state index contributed by atoms with van der Waals surface area (Å²) in [5.41, 5.74) is 8.14. The Morgan fingerprint density at radius 3 is 2.71 bits per heavy atom. The van der Waals surface area contributed by atoms with Gasteiger partial charge in [0, 0.05) is 35.3 Å². The summed E-state index contributed by atoms with van der Waals surface area (Å²) in [6.45, 7) is 1.94. The molecule has 1 unspecified atom stereocenters. The number of nitrogens with zero attached hydrogens (tertiary/aromatic N) is 2. The number of nitrogens with two attached hydrogens (primary N) is 1. The third kappa shape index (κ3) is 4.09. The standard InChI is InChI=1S/C15H19N3O2S/c1-10-6-7-17-15(18-10)21-9-13(16)12-5-4-11(19-2)8-14(12)20-3/h4-8,13H,9,16H2,1-3H3. The average molecular weight is 305 g/mol. The summed E-state index contributed by atoms with van der Waals surface area (Å²) in [7, 11) is 3.25. The van der Waals surface area contributed by atoms with Crippen LogP contribution in [0.15, 0.2) is 35.6 Å². The van der Waals surface area contributed by atoms with Crippen LogP contribution in [0.25, 0.3) is 0 Å². The zero-order chi connectivity index (χ0) is 15.2. The summed E-state index contributed by atoms with van der Waals surface area (Å²) in [6, 6.07) is 7.35. The molecule has 2 N–H and O–H groups in total. The quantitative estimate of drug-likeness (QED) is 0.653. The Kier molecular flexibility index (Phi) is 5.41. The highest BCUT2D eigenvalue weighted by molar-refractivity contribution is 7.99. The Morgan fingerprint density at radius 1 is 1.24 bits per heavy atom. The van der Waals surface area contributed by atoms with E-state index in [9.17, 15) is 0 Å². The largest absolute Gasteiger partial charge is 0.497 e. The molecule has 2 rings (SSSR count). The zero-order valence-electron chi connectivity index (χ0n) is 12.4. The first-order chi connectivity index (χ1) is 10.1. The maximum atomic E-state index is 6.25. The van der Waals surface area contributed by atoms with E-state index in [1.807, 2.05) is 31.2 Å². The minimum Gasteiger partial charge on any atom is -0.497 e. The first-order valence-electron chi connectivity index (χ1n) is 6.54. The van der Waals surface area contributed by atoms with Crippen LogP contribution in [0.2, 0.25) is 0 Å². The molecule has 1 heterocycles. The molecule has 1 atom stereocenters. The third-order valence-corrected chi connectivity index (χ3v) is 3.99. The van der Waals surface area contributed by atoms with Crippen molar-refractivity contribution in [1.29, 1.82) is 0 Å². The molecule has 0 saturated heterocycles. The molecule has 0 fully saturated rings. The van der Waals surface area contributed by atoms with E-state index in [1.165, 1.54) is 11.8 Å². The van der Waals surface area contributed by atoms with Gasteiger partial charge < -0.3 is 15.2 Å². The number of ether oxygens (including phenoxy) is 2. The molecule has 5 nitrogen and oxygen atoms in total. The van der Waals surface area contributed by atoms with Crippen molar-refractivity contribution in [3.63, 3.8) is 0 Å². The average Bonchev–Trinajstić information content (AvgIpc) is 2.52. The molecule has 0 aliphatic carbocycles. The number of thioether (sulfide) groups is 1. The first kappa shape index (κ1) is 15.6. The Balaban J connectivity index is 2.07. The molecule has 112 valence electrons. The van der Waals surface area contributed by atoms with Crippen molar-refractivity contribution in [1.82, 2.24) is 9.97 Å². The van der Waals surface area contributed by atoms with E-state index in [0.29, 0.717) is 5.75 Å². The van der Waals surface area contributed by atoms with E-state index in [1.54, 1.807) is 20.4 Å². The van der Waals surface area contributed by atoms with Gasteiger partial charge in [0.15, 0.2) is 5.16 Å². The fourth-order valence-corrected chi connectivity index (χ4v) is 2.73. The number of aromatic nitrogens is 2. The van der Waals surface area contributed by atoms with Crippen molar-refractivity contribution in [3.05, 3.63) is 41.7 Å². The number of hydrogen-bond donors (Lipinski definition) is 1. The highest BCUT2D eigenvalue weighted by atomic mass is 32.2. The molecular formula is C15H19N3O2S. The lowest BCUT2D eigenvalue weighted by molar-refractivity contribution is 0.389. The highest BCUT2D eigenvalue weighted by Gasteiger charge is 2.14. The number of methoxy groups -OCH3 is 2. The van der Waals surface area contributed by atoms with Crippen LogP contribution < -0.4 is 15.2 Å². The van der Waals surface area contributed by atoms with Gasteiger partial charge in [0.05, 0.1) is 14.2 Å². The Morgan fingerprint density at radius 2 is 2.05 bits per heavy atom. The zero-order valence-corrected chi connectivity index (χ0v) is 13.2. The van der Waals surface area contributed by atoms with E-state index >= 15 is 0 Å². The SMILES string of the molecule is COc1ccc(C(N)CSc2nccc(C)n2)c(OC)c1. The van der Waals surface area contributed by atoms with Crippen LogP contribution in [0.4, 0.5) is 0 Å². The highest BCUT2D eigenvalue weighted by Crippen LogP contribution is 2.30. The molecule has 1 aromatic heterocycles. The number of rotatable bonds is 6. The molecule has 0 spiro atoms. The van der Waals surface area contributed by atoms with Crippen molar-refractivity contribution < 1.29 is 9.47 Å². The van der Waals surface area contributed by atoms with Gasteiger partial charge in [-0.05, 0) is 19.1 Å². The first-order valence-corrected chi connectivity index (χ1v) is 7.52. The second-order valence-electron chi connectivity index (χ2n) is 4.51. The van der Waals surface area contributed by atoms with Crippen molar-refractivity contribution in [2.75, 3.05) is 20.0 Å². The van der Waals surface area contributed by atoms with Crippen LogP contribution in [-0.4, -0.2) is 29.9 Å².